The van der Waals surface area contributed by atoms with E-state index >= 15 is 0 Å². The number of unbranched alkanes of at least 4 members (excludes halogenated alkanes) is 7. The summed E-state index contributed by atoms with van der Waals surface area (Å²) in [5, 5.41) is 0. The van der Waals surface area contributed by atoms with Crippen molar-refractivity contribution in [2.24, 2.45) is 0 Å². The lowest BCUT2D eigenvalue weighted by Crippen LogP contribution is -2.25. The zero-order valence-electron chi connectivity index (χ0n) is 12.6. The van der Waals surface area contributed by atoms with Crippen LogP contribution in [0.15, 0.2) is 0 Å². The Kier molecular flexibility index (Phi) is 10.7. The molecule has 0 aliphatic heterocycles. The second-order valence-corrected chi connectivity index (χ2v) is 6.67. The average molecular weight is 307 g/mol. The largest absolute Gasteiger partial charge is 0.748 e. The zero-order valence-corrected chi connectivity index (χ0v) is 13.4. The maximum Gasteiger partial charge on any atom is 0.302 e. The van der Waals surface area contributed by atoms with Gasteiger partial charge in [0.1, 0.15) is 6.10 Å². The Bertz CT molecular complexity index is 351. The van der Waals surface area contributed by atoms with Crippen LogP contribution in [0.4, 0.5) is 0 Å². The highest BCUT2D eigenvalue weighted by atomic mass is 32.2. The Labute approximate surface area is 122 Å². The van der Waals surface area contributed by atoms with Crippen LogP contribution in [0.2, 0.25) is 0 Å². The van der Waals surface area contributed by atoms with E-state index in [1.54, 1.807) is 0 Å². The van der Waals surface area contributed by atoms with E-state index in [-0.39, 0.29) is 0 Å². The van der Waals surface area contributed by atoms with Crippen LogP contribution >= 0.6 is 0 Å². The van der Waals surface area contributed by atoms with Gasteiger partial charge in [0.05, 0.1) is 15.9 Å². The summed E-state index contributed by atoms with van der Waals surface area (Å²) in [6.45, 7) is 3.40. The number of hydrogen-bond donors (Lipinski definition) is 0. The molecular weight excluding hydrogens is 280 g/mol. The van der Waals surface area contributed by atoms with Gasteiger partial charge in [0, 0.05) is 6.92 Å². The highest BCUT2D eigenvalue weighted by molar-refractivity contribution is 7.85. The Morgan fingerprint density at radius 1 is 1.05 bits per heavy atom. The molecule has 0 bridgehead atoms. The molecule has 0 fully saturated rings. The summed E-state index contributed by atoms with van der Waals surface area (Å²) in [5.41, 5.74) is 0. The summed E-state index contributed by atoms with van der Waals surface area (Å²) in [4.78, 5) is 10.9. The minimum atomic E-state index is -4.35. The van der Waals surface area contributed by atoms with Crippen LogP contribution < -0.4 is 0 Å². The molecule has 1 unspecified atom stereocenters. The summed E-state index contributed by atoms with van der Waals surface area (Å²) in [5.74, 6) is -1.17. The molecule has 0 spiro atoms. The van der Waals surface area contributed by atoms with E-state index in [2.05, 4.69) is 6.92 Å². The molecule has 120 valence electrons. The van der Waals surface area contributed by atoms with E-state index in [4.69, 9.17) is 4.74 Å². The molecule has 0 rings (SSSR count). The van der Waals surface area contributed by atoms with E-state index in [0.717, 1.165) is 19.3 Å². The molecule has 0 aromatic rings. The van der Waals surface area contributed by atoms with Crippen molar-refractivity contribution in [3.63, 3.8) is 0 Å². The molecular formula is C14H27O5S-. The van der Waals surface area contributed by atoms with Gasteiger partial charge in [0.25, 0.3) is 0 Å². The summed E-state index contributed by atoms with van der Waals surface area (Å²) >= 11 is 0. The van der Waals surface area contributed by atoms with Gasteiger partial charge in [-0.2, -0.15) is 0 Å². The third-order valence-electron chi connectivity index (χ3n) is 3.10. The predicted molar refractivity (Wildman–Crippen MR) is 77.3 cm³/mol. The van der Waals surface area contributed by atoms with Crippen LogP contribution in [0.1, 0.15) is 71.6 Å². The Morgan fingerprint density at radius 2 is 1.55 bits per heavy atom. The van der Waals surface area contributed by atoms with Gasteiger partial charge < -0.3 is 9.29 Å². The van der Waals surface area contributed by atoms with Gasteiger partial charge in [0.2, 0.25) is 0 Å². The molecule has 0 amide bonds. The third kappa shape index (κ3) is 13.8. The molecule has 0 saturated heterocycles. The van der Waals surface area contributed by atoms with Crippen molar-refractivity contribution in [1.29, 1.82) is 0 Å². The van der Waals surface area contributed by atoms with Crippen LogP contribution in [0.3, 0.4) is 0 Å². The van der Waals surface area contributed by atoms with E-state index in [1.807, 2.05) is 0 Å². The van der Waals surface area contributed by atoms with Gasteiger partial charge in [-0.1, -0.05) is 51.9 Å². The lowest BCUT2D eigenvalue weighted by Gasteiger charge is -2.18. The van der Waals surface area contributed by atoms with E-state index in [9.17, 15) is 17.8 Å². The maximum atomic E-state index is 10.9. The highest BCUT2D eigenvalue weighted by Gasteiger charge is 2.15. The Balaban J connectivity index is 3.77. The standard InChI is InChI=1S/C14H28O5S/c1-3-4-5-6-7-8-9-10-11-14(19-13(2)15)12-20(16,17)18/h14H,3-12H2,1-2H3,(H,16,17,18)/p-1. The normalized spacial score (nSPS) is 13.2. The van der Waals surface area contributed by atoms with Crippen molar-refractivity contribution in [1.82, 2.24) is 0 Å². The fourth-order valence-electron chi connectivity index (χ4n) is 2.14. The topological polar surface area (TPSA) is 83.5 Å². The fourth-order valence-corrected chi connectivity index (χ4v) is 2.83. The molecule has 1 atom stereocenters. The number of carbonyl (C=O) groups is 1. The van der Waals surface area contributed by atoms with Gasteiger partial charge in [-0.15, -0.1) is 0 Å². The number of rotatable bonds is 12. The molecule has 0 aromatic carbocycles. The van der Waals surface area contributed by atoms with Gasteiger partial charge in [-0.25, -0.2) is 8.42 Å². The number of ether oxygens (including phenoxy) is 1. The lowest BCUT2D eigenvalue weighted by atomic mass is 10.1. The maximum absolute atomic E-state index is 10.9. The van der Waals surface area contributed by atoms with Crippen molar-refractivity contribution in [2.45, 2.75) is 77.7 Å². The molecule has 6 heteroatoms. The Morgan fingerprint density at radius 3 is 2.00 bits per heavy atom. The second-order valence-electron chi connectivity index (χ2n) is 5.22. The monoisotopic (exact) mass is 307 g/mol. The summed E-state index contributed by atoms with van der Waals surface area (Å²) in [6, 6.07) is 0. The van der Waals surface area contributed by atoms with E-state index < -0.39 is 27.9 Å². The van der Waals surface area contributed by atoms with Crippen molar-refractivity contribution >= 4 is 16.1 Å². The van der Waals surface area contributed by atoms with E-state index in [1.165, 1.54) is 39.0 Å². The molecule has 5 nitrogen and oxygen atoms in total. The van der Waals surface area contributed by atoms with Gasteiger partial charge in [-0.05, 0) is 12.8 Å². The number of hydrogen-bond acceptors (Lipinski definition) is 5. The van der Waals surface area contributed by atoms with E-state index in [0.29, 0.717) is 6.42 Å². The Hall–Kier alpha value is -0.620. The quantitative estimate of drug-likeness (QED) is 0.314. The average Bonchev–Trinajstić information content (AvgIpc) is 2.29. The first-order valence-electron chi connectivity index (χ1n) is 7.46. The van der Waals surface area contributed by atoms with Gasteiger partial charge in [-0.3, -0.25) is 4.79 Å². The molecule has 0 aromatic heterocycles. The summed E-state index contributed by atoms with van der Waals surface area (Å²) in [6.07, 6.45) is 8.68. The predicted octanol–water partition coefficient (Wildman–Crippen LogP) is 2.99. The van der Waals surface area contributed by atoms with Crippen LogP contribution in [0, 0.1) is 0 Å². The summed E-state index contributed by atoms with van der Waals surface area (Å²) < 4.78 is 37.0. The first kappa shape index (κ1) is 19.4. The van der Waals surface area contributed by atoms with Crippen molar-refractivity contribution in [2.75, 3.05) is 5.75 Å². The van der Waals surface area contributed by atoms with Crippen molar-refractivity contribution in [3.8, 4) is 0 Å². The molecule has 0 aliphatic rings. The highest BCUT2D eigenvalue weighted by Crippen LogP contribution is 2.13. The minimum Gasteiger partial charge on any atom is -0.748 e. The summed E-state index contributed by atoms with van der Waals surface area (Å²) in [7, 11) is -4.35. The number of carbonyl (C=O) groups excluding carboxylic acids is 1. The molecule has 0 N–H and O–H groups in total. The first-order chi connectivity index (χ1) is 9.35. The molecule has 0 heterocycles. The molecule has 0 aliphatic carbocycles. The van der Waals surface area contributed by atoms with Crippen LogP contribution in [-0.2, 0) is 19.6 Å². The van der Waals surface area contributed by atoms with Gasteiger partial charge >= 0.3 is 5.97 Å². The molecule has 0 saturated carbocycles. The minimum absolute atomic E-state index is 0.440. The lowest BCUT2D eigenvalue weighted by molar-refractivity contribution is -0.145. The van der Waals surface area contributed by atoms with Crippen LogP contribution in [-0.4, -0.2) is 30.8 Å². The second kappa shape index (κ2) is 11.1. The van der Waals surface area contributed by atoms with Gasteiger partial charge in [0.15, 0.2) is 0 Å². The fraction of sp³-hybridized carbons (Fsp3) is 0.929. The van der Waals surface area contributed by atoms with Crippen LogP contribution in [0.5, 0.6) is 0 Å². The molecule has 0 radical (unpaired) electrons. The van der Waals surface area contributed by atoms with Crippen LogP contribution in [0.25, 0.3) is 0 Å². The SMILES string of the molecule is CCCCCCCCCCC(CS(=O)(=O)[O-])OC(C)=O. The zero-order chi connectivity index (χ0) is 15.4. The van der Waals surface area contributed by atoms with Crippen molar-refractivity contribution < 1.29 is 22.5 Å². The van der Waals surface area contributed by atoms with Crippen molar-refractivity contribution in [3.05, 3.63) is 0 Å². The third-order valence-corrected chi connectivity index (χ3v) is 3.88. The first-order valence-corrected chi connectivity index (χ1v) is 9.03. The molecule has 20 heavy (non-hydrogen) atoms. The number of esters is 1. The smallest absolute Gasteiger partial charge is 0.302 e.